The van der Waals surface area contributed by atoms with Crippen LogP contribution in [-0.2, 0) is 0 Å². The van der Waals surface area contributed by atoms with Crippen molar-refractivity contribution in [3.63, 3.8) is 0 Å². The fraction of sp³-hybridized carbons (Fsp3) is 0.125. The quantitative estimate of drug-likeness (QED) is 0.799. The van der Waals surface area contributed by atoms with E-state index in [2.05, 4.69) is 20.8 Å². The maximum atomic E-state index is 12.3. The molecule has 2 aromatic carbocycles. The van der Waals surface area contributed by atoms with Crippen LogP contribution in [-0.4, -0.2) is 33.2 Å². The number of hydrogen-bond acceptors (Lipinski definition) is 5. The number of benzene rings is 2. The maximum Gasteiger partial charge on any atom is 0.255 e. The Bertz CT molecular complexity index is 830. The molecule has 0 fully saturated rings. The number of ether oxygens (including phenoxy) is 1. The summed E-state index contributed by atoms with van der Waals surface area (Å²) in [6.07, 6.45) is 1.46. The highest BCUT2D eigenvalue weighted by Gasteiger charge is 2.11. The van der Waals surface area contributed by atoms with E-state index in [4.69, 9.17) is 4.74 Å². The van der Waals surface area contributed by atoms with Crippen LogP contribution < -0.4 is 10.1 Å². The van der Waals surface area contributed by atoms with Gasteiger partial charge in [-0.25, -0.2) is 0 Å². The average molecular weight is 309 g/mol. The molecule has 1 heterocycles. The van der Waals surface area contributed by atoms with Crippen LogP contribution in [0.1, 0.15) is 15.9 Å². The minimum Gasteiger partial charge on any atom is -0.494 e. The van der Waals surface area contributed by atoms with Crippen molar-refractivity contribution in [3.05, 3.63) is 59.9 Å². The van der Waals surface area contributed by atoms with Crippen molar-refractivity contribution in [1.82, 2.24) is 20.2 Å². The highest BCUT2D eigenvalue weighted by atomic mass is 16.5. The molecule has 7 heteroatoms. The number of aromatic nitrogens is 4. The number of aryl methyl sites for hydroxylation is 1. The molecule has 1 amide bonds. The summed E-state index contributed by atoms with van der Waals surface area (Å²) >= 11 is 0. The number of hydrogen-bond donors (Lipinski definition) is 1. The lowest BCUT2D eigenvalue weighted by Crippen LogP contribution is -2.12. The van der Waals surface area contributed by atoms with Gasteiger partial charge in [0, 0.05) is 11.3 Å². The number of anilines is 1. The Labute approximate surface area is 132 Å². The third kappa shape index (κ3) is 3.18. The second-order valence-corrected chi connectivity index (χ2v) is 4.96. The molecule has 7 nitrogen and oxygen atoms in total. The topological polar surface area (TPSA) is 81.9 Å². The van der Waals surface area contributed by atoms with Gasteiger partial charge in [0.05, 0.1) is 7.11 Å². The van der Waals surface area contributed by atoms with E-state index in [0.29, 0.717) is 22.7 Å². The van der Waals surface area contributed by atoms with E-state index in [-0.39, 0.29) is 5.91 Å². The standard InChI is InChI=1S/C16H15N5O2/c1-11-4-3-5-12(8-11)16(22)18-13-6-7-15(23-2)14(9-13)21-10-17-19-20-21/h3-10H,1-2H3,(H,18,22). The molecule has 0 bridgehead atoms. The van der Waals surface area contributed by atoms with Crippen molar-refractivity contribution in [1.29, 1.82) is 0 Å². The van der Waals surface area contributed by atoms with Crippen LogP contribution in [0, 0.1) is 6.92 Å². The van der Waals surface area contributed by atoms with E-state index >= 15 is 0 Å². The number of carbonyl (C=O) groups excluding carboxylic acids is 1. The Morgan fingerprint density at radius 3 is 2.78 bits per heavy atom. The number of tetrazole rings is 1. The molecule has 1 N–H and O–H groups in total. The zero-order valence-corrected chi connectivity index (χ0v) is 12.7. The maximum absolute atomic E-state index is 12.3. The van der Waals surface area contributed by atoms with Gasteiger partial charge in [0.25, 0.3) is 5.91 Å². The smallest absolute Gasteiger partial charge is 0.255 e. The molecule has 3 rings (SSSR count). The monoisotopic (exact) mass is 309 g/mol. The van der Waals surface area contributed by atoms with E-state index in [1.165, 1.54) is 11.0 Å². The first-order valence-corrected chi connectivity index (χ1v) is 6.97. The largest absolute Gasteiger partial charge is 0.494 e. The summed E-state index contributed by atoms with van der Waals surface area (Å²) in [5, 5.41) is 13.9. The molecule has 0 aliphatic rings. The minimum absolute atomic E-state index is 0.179. The summed E-state index contributed by atoms with van der Waals surface area (Å²) in [6.45, 7) is 1.94. The van der Waals surface area contributed by atoms with E-state index in [1.54, 1.807) is 31.4 Å². The predicted molar refractivity (Wildman–Crippen MR) is 84.8 cm³/mol. The molecule has 0 spiro atoms. The SMILES string of the molecule is COc1ccc(NC(=O)c2cccc(C)c2)cc1-n1cnnn1. The second kappa shape index (κ2) is 6.27. The van der Waals surface area contributed by atoms with Crippen molar-refractivity contribution < 1.29 is 9.53 Å². The zero-order chi connectivity index (χ0) is 16.2. The molecule has 3 aromatic rings. The van der Waals surface area contributed by atoms with Crippen LogP contribution in [0.2, 0.25) is 0 Å². The van der Waals surface area contributed by atoms with E-state index < -0.39 is 0 Å². The average Bonchev–Trinajstić information content (AvgIpc) is 3.09. The fourth-order valence-corrected chi connectivity index (χ4v) is 2.21. The van der Waals surface area contributed by atoms with Gasteiger partial charge in [-0.15, -0.1) is 5.10 Å². The van der Waals surface area contributed by atoms with Gasteiger partial charge >= 0.3 is 0 Å². The number of nitrogens with zero attached hydrogens (tertiary/aromatic N) is 4. The second-order valence-electron chi connectivity index (χ2n) is 4.96. The molecule has 0 aliphatic carbocycles. The lowest BCUT2D eigenvalue weighted by molar-refractivity contribution is 0.102. The van der Waals surface area contributed by atoms with Gasteiger partial charge in [0.2, 0.25) is 0 Å². The van der Waals surface area contributed by atoms with Gasteiger partial charge in [-0.05, 0) is 47.7 Å². The van der Waals surface area contributed by atoms with Crippen LogP contribution in [0.25, 0.3) is 5.69 Å². The molecule has 116 valence electrons. The molecule has 0 radical (unpaired) electrons. The lowest BCUT2D eigenvalue weighted by atomic mass is 10.1. The molecule has 0 atom stereocenters. The van der Waals surface area contributed by atoms with E-state index in [1.807, 2.05) is 25.1 Å². The number of nitrogens with one attached hydrogen (secondary N) is 1. The molecule has 0 unspecified atom stereocenters. The summed E-state index contributed by atoms with van der Waals surface area (Å²) in [4.78, 5) is 12.3. The van der Waals surface area contributed by atoms with E-state index in [9.17, 15) is 4.79 Å². The van der Waals surface area contributed by atoms with Crippen molar-refractivity contribution >= 4 is 11.6 Å². The summed E-state index contributed by atoms with van der Waals surface area (Å²) in [7, 11) is 1.56. The van der Waals surface area contributed by atoms with Gasteiger partial charge in [-0.3, -0.25) is 4.79 Å². The highest BCUT2D eigenvalue weighted by molar-refractivity contribution is 6.04. The summed E-state index contributed by atoms with van der Waals surface area (Å²) in [5.41, 5.74) is 2.90. The lowest BCUT2D eigenvalue weighted by Gasteiger charge is -2.11. The van der Waals surface area contributed by atoms with Gasteiger partial charge in [0.1, 0.15) is 17.8 Å². The summed E-state index contributed by atoms with van der Waals surface area (Å²) in [6, 6.07) is 12.7. The van der Waals surface area contributed by atoms with Crippen molar-refractivity contribution in [2.75, 3.05) is 12.4 Å². The first-order valence-electron chi connectivity index (χ1n) is 6.97. The molecular weight excluding hydrogens is 294 g/mol. The summed E-state index contributed by atoms with van der Waals surface area (Å²) < 4.78 is 6.77. The molecule has 0 aliphatic heterocycles. The Hall–Kier alpha value is -3.22. The third-order valence-electron chi connectivity index (χ3n) is 3.31. The Morgan fingerprint density at radius 2 is 2.09 bits per heavy atom. The van der Waals surface area contributed by atoms with Crippen molar-refractivity contribution in [2.24, 2.45) is 0 Å². The van der Waals surface area contributed by atoms with Gasteiger partial charge < -0.3 is 10.1 Å². The number of rotatable bonds is 4. The molecule has 23 heavy (non-hydrogen) atoms. The first-order chi connectivity index (χ1) is 11.2. The van der Waals surface area contributed by atoms with Crippen LogP contribution in [0.15, 0.2) is 48.8 Å². The van der Waals surface area contributed by atoms with Crippen LogP contribution in [0.4, 0.5) is 5.69 Å². The molecule has 0 saturated carbocycles. The number of amides is 1. The normalized spacial score (nSPS) is 10.3. The first kappa shape index (κ1) is 14.7. The molecule has 1 aromatic heterocycles. The Balaban J connectivity index is 1.89. The van der Waals surface area contributed by atoms with Gasteiger partial charge in [0.15, 0.2) is 0 Å². The Morgan fingerprint density at radius 1 is 1.22 bits per heavy atom. The number of carbonyl (C=O) groups is 1. The third-order valence-corrected chi connectivity index (χ3v) is 3.31. The fourth-order valence-electron chi connectivity index (χ4n) is 2.21. The Kier molecular flexibility index (Phi) is 4.01. The molecular formula is C16H15N5O2. The predicted octanol–water partition coefficient (Wildman–Crippen LogP) is 2.23. The minimum atomic E-state index is -0.179. The zero-order valence-electron chi connectivity index (χ0n) is 12.7. The van der Waals surface area contributed by atoms with Gasteiger partial charge in [-0.2, -0.15) is 4.68 Å². The van der Waals surface area contributed by atoms with Gasteiger partial charge in [-0.1, -0.05) is 17.7 Å². The van der Waals surface area contributed by atoms with Crippen LogP contribution in [0.5, 0.6) is 5.75 Å². The van der Waals surface area contributed by atoms with E-state index in [0.717, 1.165) is 5.56 Å². The molecule has 0 saturated heterocycles. The van der Waals surface area contributed by atoms with Crippen LogP contribution >= 0.6 is 0 Å². The van der Waals surface area contributed by atoms with Crippen molar-refractivity contribution in [2.45, 2.75) is 6.92 Å². The number of methoxy groups -OCH3 is 1. The van der Waals surface area contributed by atoms with Crippen molar-refractivity contribution in [3.8, 4) is 11.4 Å². The van der Waals surface area contributed by atoms with Crippen LogP contribution in [0.3, 0.4) is 0 Å². The summed E-state index contributed by atoms with van der Waals surface area (Å²) in [5.74, 6) is 0.424. The highest BCUT2D eigenvalue weighted by Crippen LogP contribution is 2.25.